The fourth-order valence-electron chi connectivity index (χ4n) is 2.85. The first-order chi connectivity index (χ1) is 12.4. The van der Waals surface area contributed by atoms with Crippen LogP contribution in [0.2, 0.25) is 0 Å². The van der Waals surface area contributed by atoms with Crippen LogP contribution >= 0.6 is 11.8 Å². The average Bonchev–Trinajstić information content (AvgIpc) is 2.85. The highest BCUT2D eigenvalue weighted by atomic mass is 32.2. The smallest absolute Gasteiger partial charge is 0.272 e. The molecule has 0 spiro atoms. The Morgan fingerprint density at radius 3 is 2.04 bits per heavy atom. The van der Waals surface area contributed by atoms with Gasteiger partial charge in [0.1, 0.15) is 0 Å². The molecule has 0 N–H and O–H groups in total. The molecule has 0 unspecified atom stereocenters. The van der Waals surface area contributed by atoms with Crippen molar-refractivity contribution in [3.63, 3.8) is 0 Å². The minimum absolute atomic E-state index is 0.205. The highest BCUT2D eigenvalue weighted by molar-refractivity contribution is 8.04. The zero-order valence-electron chi connectivity index (χ0n) is 15.4. The minimum atomic E-state index is -0.262. The van der Waals surface area contributed by atoms with Crippen LogP contribution in [-0.2, 0) is 9.59 Å². The zero-order chi connectivity index (χ0) is 18.8. The van der Waals surface area contributed by atoms with Gasteiger partial charge in [0.2, 0.25) is 0 Å². The number of hydrogen-bond donors (Lipinski definition) is 0. The molecule has 0 aliphatic carbocycles. The van der Waals surface area contributed by atoms with Gasteiger partial charge in [0.25, 0.3) is 11.8 Å². The van der Waals surface area contributed by atoms with E-state index in [-0.39, 0.29) is 17.1 Å². The second-order valence-corrected chi connectivity index (χ2v) is 8.18. The van der Waals surface area contributed by atoms with E-state index >= 15 is 0 Å². The molecule has 0 saturated heterocycles. The molecule has 1 aliphatic heterocycles. The SMILES string of the molecule is CC(C)SC1=C(c2ccccc2)C(=O)N(c2ccc(N(C)C)cc2)C1=O. The number of hydrogen-bond acceptors (Lipinski definition) is 4. The molecule has 2 aromatic carbocycles. The summed E-state index contributed by atoms with van der Waals surface area (Å²) in [5.41, 5.74) is 2.88. The number of benzene rings is 2. The molecule has 2 amide bonds. The molecule has 2 aromatic rings. The van der Waals surface area contributed by atoms with Gasteiger partial charge in [-0.2, -0.15) is 0 Å². The topological polar surface area (TPSA) is 40.6 Å². The average molecular weight is 366 g/mol. The Labute approximate surface area is 158 Å². The zero-order valence-corrected chi connectivity index (χ0v) is 16.2. The van der Waals surface area contributed by atoms with Crippen LogP contribution in [0.5, 0.6) is 0 Å². The quantitative estimate of drug-likeness (QED) is 0.745. The lowest BCUT2D eigenvalue weighted by Gasteiger charge is -2.18. The monoisotopic (exact) mass is 366 g/mol. The molecule has 26 heavy (non-hydrogen) atoms. The molecule has 3 rings (SSSR count). The van der Waals surface area contributed by atoms with Gasteiger partial charge in [-0.05, 0) is 29.8 Å². The standard InChI is InChI=1S/C21H22N2O2S/c1-14(2)26-19-18(15-8-6-5-7-9-15)20(24)23(21(19)25)17-12-10-16(11-13-17)22(3)4/h5-14H,1-4H3. The molecular formula is C21H22N2O2S. The fraction of sp³-hybridized carbons (Fsp3) is 0.238. The maximum Gasteiger partial charge on any atom is 0.272 e. The van der Waals surface area contributed by atoms with Crippen LogP contribution in [0.4, 0.5) is 11.4 Å². The summed E-state index contributed by atoms with van der Waals surface area (Å²) in [6, 6.07) is 16.9. The Bertz CT molecular complexity index is 855. The van der Waals surface area contributed by atoms with E-state index in [2.05, 4.69) is 0 Å². The van der Waals surface area contributed by atoms with Gasteiger partial charge in [0.05, 0.1) is 16.2 Å². The lowest BCUT2D eigenvalue weighted by Crippen LogP contribution is -2.31. The van der Waals surface area contributed by atoms with Crippen LogP contribution in [0, 0.1) is 0 Å². The molecule has 4 nitrogen and oxygen atoms in total. The van der Waals surface area contributed by atoms with E-state index in [9.17, 15) is 9.59 Å². The first-order valence-corrected chi connectivity index (χ1v) is 9.40. The Morgan fingerprint density at radius 2 is 1.50 bits per heavy atom. The van der Waals surface area contributed by atoms with Gasteiger partial charge in [-0.3, -0.25) is 9.59 Å². The van der Waals surface area contributed by atoms with Crippen molar-refractivity contribution in [1.29, 1.82) is 0 Å². The molecule has 0 radical (unpaired) electrons. The second-order valence-electron chi connectivity index (χ2n) is 6.59. The number of anilines is 2. The van der Waals surface area contributed by atoms with E-state index in [0.717, 1.165) is 11.3 Å². The van der Waals surface area contributed by atoms with E-state index in [0.29, 0.717) is 16.2 Å². The largest absolute Gasteiger partial charge is 0.378 e. The van der Waals surface area contributed by atoms with Crippen molar-refractivity contribution in [3.8, 4) is 0 Å². The molecule has 0 aromatic heterocycles. The number of thioether (sulfide) groups is 1. The third kappa shape index (κ3) is 3.40. The molecule has 134 valence electrons. The normalized spacial score (nSPS) is 14.6. The van der Waals surface area contributed by atoms with Gasteiger partial charge in [0.15, 0.2) is 0 Å². The Hall–Kier alpha value is -2.53. The van der Waals surface area contributed by atoms with Crippen LogP contribution < -0.4 is 9.80 Å². The van der Waals surface area contributed by atoms with E-state index in [4.69, 9.17) is 0 Å². The predicted octanol–water partition coefficient (Wildman–Crippen LogP) is 4.18. The highest BCUT2D eigenvalue weighted by Crippen LogP contribution is 2.40. The summed E-state index contributed by atoms with van der Waals surface area (Å²) < 4.78 is 0. The van der Waals surface area contributed by atoms with Crippen molar-refractivity contribution in [2.45, 2.75) is 19.1 Å². The lowest BCUT2D eigenvalue weighted by molar-refractivity contribution is -0.119. The number of rotatable bonds is 5. The van der Waals surface area contributed by atoms with Crippen molar-refractivity contribution in [2.75, 3.05) is 23.9 Å². The summed E-state index contributed by atoms with van der Waals surface area (Å²) in [7, 11) is 3.90. The third-order valence-corrected chi connectivity index (χ3v) is 5.17. The lowest BCUT2D eigenvalue weighted by atomic mass is 10.1. The molecule has 1 heterocycles. The van der Waals surface area contributed by atoms with Crippen molar-refractivity contribution in [3.05, 3.63) is 65.1 Å². The Kier molecular flexibility index (Phi) is 5.18. The first-order valence-electron chi connectivity index (χ1n) is 8.52. The van der Waals surface area contributed by atoms with E-state index in [1.807, 2.05) is 87.4 Å². The third-order valence-electron chi connectivity index (χ3n) is 4.08. The summed E-state index contributed by atoms with van der Waals surface area (Å²) in [5, 5.41) is 0.205. The van der Waals surface area contributed by atoms with Crippen LogP contribution in [0.1, 0.15) is 19.4 Å². The maximum absolute atomic E-state index is 13.2. The number of amides is 2. The Morgan fingerprint density at radius 1 is 0.885 bits per heavy atom. The van der Waals surface area contributed by atoms with Crippen molar-refractivity contribution < 1.29 is 9.59 Å². The molecule has 0 atom stereocenters. The predicted molar refractivity (Wildman–Crippen MR) is 109 cm³/mol. The number of imide groups is 1. The summed E-state index contributed by atoms with van der Waals surface area (Å²) in [5.74, 6) is -0.507. The van der Waals surface area contributed by atoms with Gasteiger partial charge in [-0.1, -0.05) is 44.2 Å². The molecule has 1 aliphatic rings. The van der Waals surface area contributed by atoms with Crippen LogP contribution in [0.15, 0.2) is 59.5 Å². The molecule has 0 fully saturated rings. The van der Waals surface area contributed by atoms with Crippen LogP contribution in [0.25, 0.3) is 5.57 Å². The van der Waals surface area contributed by atoms with Crippen LogP contribution in [-0.4, -0.2) is 31.2 Å². The number of carbonyl (C=O) groups excluding carboxylic acids is 2. The van der Waals surface area contributed by atoms with Crippen molar-refractivity contribution in [1.82, 2.24) is 0 Å². The summed E-state index contributed by atoms with van der Waals surface area (Å²) in [4.78, 5) is 30.0. The van der Waals surface area contributed by atoms with Crippen molar-refractivity contribution >= 4 is 40.5 Å². The second kappa shape index (κ2) is 7.38. The van der Waals surface area contributed by atoms with Gasteiger partial charge in [0, 0.05) is 25.0 Å². The molecule has 0 bridgehead atoms. The number of carbonyl (C=O) groups is 2. The van der Waals surface area contributed by atoms with Gasteiger partial charge < -0.3 is 4.90 Å². The van der Waals surface area contributed by atoms with E-state index < -0.39 is 0 Å². The first kappa shape index (κ1) is 18.3. The molecule has 5 heteroatoms. The van der Waals surface area contributed by atoms with Gasteiger partial charge in [-0.25, -0.2) is 4.90 Å². The molecule has 0 saturated carbocycles. The van der Waals surface area contributed by atoms with Gasteiger partial charge in [-0.15, -0.1) is 11.8 Å². The Balaban J connectivity index is 2.04. The fourth-order valence-corrected chi connectivity index (χ4v) is 3.83. The minimum Gasteiger partial charge on any atom is -0.378 e. The number of nitrogens with zero attached hydrogens (tertiary/aromatic N) is 2. The van der Waals surface area contributed by atoms with Gasteiger partial charge >= 0.3 is 0 Å². The summed E-state index contributed by atoms with van der Waals surface area (Å²) in [6.07, 6.45) is 0. The van der Waals surface area contributed by atoms with Crippen LogP contribution in [0.3, 0.4) is 0 Å². The maximum atomic E-state index is 13.2. The summed E-state index contributed by atoms with van der Waals surface area (Å²) in [6.45, 7) is 4.04. The summed E-state index contributed by atoms with van der Waals surface area (Å²) >= 11 is 1.44. The van der Waals surface area contributed by atoms with Crippen molar-refractivity contribution in [2.24, 2.45) is 0 Å². The molecular weight excluding hydrogens is 344 g/mol. The van der Waals surface area contributed by atoms with E-state index in [1.54, 1.807) is 0 Å². The van der Waals surface area contributed by atoms with E-state index in [1.165, 1.54) is 16.7 Å². The highest BCUT2D eigenvalue weighted by Gasteiger charge is 2.40.